The van der Waals surface area contributed by atoms with E-state index in [2.05, 4.69) is 26.5 Å². The summed E-state index contributed by atoms with van der Waals surface area (Å²) in [7, 11) is 1.02. The zero-order valence-corrected chi connectivity index (χ0v) is 27.9. The largest absolute Gasteiger partial charge is 0.496 e. The van der Waals surface area contributed by atoms with Crippen LogP contribution in [0.3, 0.4) is 0 Å². The van der Waals surface area contributed by atoms with Crippen LogP contribution in [-0.2, 0) is 10.2 Å². The number of aliphatic hydroxyl groups is 2. The second kappa shape index (κ2) is 14.8. The first-order valence-corrected chi connectivity index (χ1v) is 16.5. The number of aromatic nitrogens is 4. The van der Waals surface area contributed by atoms with Crippen LogP contribution in [0.25, 0.3) is 11.2 Å². The van der Waals surface area contributed by atoms with Gasteiger partial charge in [-0.15, -0.1) is 0 Å². The maximum Gasteiger partial charge on any atom is 0.247 e. The molecule has 3 heterocycles. The lowest BCUT2D eigenvalue weighted by molar-refractivity contribution is -0.139. The van der Waals surface area contributed by atoms with Gasteiger partial charge in [0.1, 0.15) is 41.3 Å². The van der Waals surface area contributed by atoms with Gasteiger partial charge in [-0.1, -0.05) is 66.7 Å². The third-order valence-corrected chi connectivity index (χ3v) is 8.86. The lowest BCUT2D eigenvalue weighted by Gasteiger charge is -2.50. The van der Waals surface area contributed by atoms with Gasteiger partial charge in [0.2, 0.25) is 8.53 Å². The molecule has 3 aromatic carbocycles. The smallest absolute Gasteiger partial charge is 0.247 e. The van der Waals surface area contributed by atoms with E-state index < -0.39 is 43.9 Å². The monoisotopic (exact) mass is 687 g/mol. The molecule has 5 atom stereocenters. The third kappa shape index (κ3) is 6.29. The summed E-state index contributed by atoms with van der Waals surface area (Å²) in [4.78, 5) is 27.8. The molecule has 49 heavy (non-hydrogen) atoms. The number of nitriles is 1. The van der Waals surface area contributed by atoms with E-state index in [1.807, 2.05) is 78.9 Å². The number of methoxy groups -OCH3 is 2. The Balaban J connectivity index is 0.00000111. The van der Waals surface area contributed by atoms with Crippen LogP contribution >= 0.6 is 8.53 Å². The summed E-state index contributed by atoms with van der Waals surface area (Å²) in [6, 6.07) is 26.5. The SMILES string of the molecule is COc1ccccc1C(c1ccccc1)(c1ccccc1OC)[C@]1(O)C[C@H](n2cnc3c(N)ncnc32)O[C@@H]1C(O)C(C)C#N.NP(O)O. The predicted octanol–water partition coefficient (Wildman–Crippen LogP) is 3.16. The van der Waals surface area contributed by atoms with Crippen LogP contribution in [0.5, 0.6) is 11.5 Å². The Hall–Kier alpha value is -4.71. The highest BCUT2D eigenvalue weighted by atomic mass is 31.2. The molecule has 2 unspecified atom stereocenters. The summed E-state index contributed by atoms with van der Waals surface area (Å²) in [5.41, 5.74) is 9.65. The van der Waals surface area contributed by atoms with Crippen LogP contribution in [0.1, 0.15) is 36.3 Å². The molecule has 0 saturated carbocycles. The Labute approximate surface area is 284 Å². The number of hydrogen-bond donors (Lipinski definition) is 6. The van der Waals surface area contributed by atoms with Crippen LogP contribution < -0.4 is 20.7 Å². The Bertz CT molecular complexity index is 1870. The van der Waals surface area contributed by atoms with Crippen LogP contribution in [0.15, 0.2) is 91.5 Å². The van der Waals surface area contributed by atoms with Crippen molar-refractivity contribution in [2.24, 2.45) is 11.4 Å². The molecule has 0 amide bonds. The van der Waals surface area contributed by atoms with Gasteiger partial charge in [-0.2, -0.15) is 5.26 Å². The lowest BCUT2D eigenvalue weighted by atomic mass is 9.55. The molecule has 1 aliphatic rings. The Morgan fingerprint density at radius 1 is 0.980 bits per heavy atom. The highest BCUT2D eigenvalue weighted by Crippen LogP contribution is 2.60. The van der Waals surface area contributed by atoms with E-state index in [1.165, 1.54) is 12.7 Å². The molecule has 0 radical (unpaired) electrons. The van der Waals surface area contributed by atoms with Crippen LogP contribution in [0.4, 0.5) is 5.82 Å². The molecule has 0 spiro atoms. The van der Waals surface area contributed by atoms with E-state index in [0.29, 0.717) is 39.4 Å². The van der Waals surface area contributed by atoms with Gasteiger partial charge in [-0.3, -0.25) is 10.1 Å². The fraction of sp³-hybridized carbons (Fsp3) is 0.294. The number of nitrogen functional groups attached to an aromatic ring is 1. The molecule has 15 heteroatoms. The molecule has 14 nitrogen and oxygen atoms in total. The van der Waals surface area contributed by atoms with Crippen molar-refractivity contribution < 1.29 is 34.2 Å². The molecule has 1 fully saturated rings. The topological polar surface area (TPSA) is 228 Å². The van der Waals surface area contributed by atoms with Crippen molar-refractivity contribution in [2.45, 2.75) is 42.8 Å². The number of rotatable bonds is 9. The number of anilines is 1. The molecular weight excluding hydrogens is 649 g/mol. The van der Waals surface area contributed by atoms with Gasteiger partial charge in [0.25, 0.3) is 0 Å². The fourth-order valence-electron chi connectivity index (χ4n) is 6.79. The van der Waals surface area contributed by atoms with Crippen molar-refractivity contribution in [2.75, 3.05) is 20.0 Å². The summed E-state index contributed by atoms with van der Waals surface area (Å²) >= 11 is 0. The van der Waals surface area contributed by atoms with Gasteiger partial charge < -0.3 is 39.9 Å². The summed E-state index contributed by atoms with van der Waals surface area (Å²) in [6.45, 7) is 1.60. The van der Waals surface area contributed by atoms with Crippen LogP contribution in [0, 0.1) is 17.2 Å². The quantitative estimate of drug-likeness (QED) is 0.0968. The Morgan fingerprint density at radius 2 is 1.53 bits per heavy atom. The lowest BCUT2D eigenvalue weighted by Crippen LogP contribution is -2.62. The number of aliphatic hydroxyl groups excluding tert-OH is 1. The number of hydrogen-bond acceptors (Lipinski definition) is 13. The van der Waals surface area contributed by atoms with Crippen LogP contribution in [-0.4, -0.2) is 71.5 Å². The molecule has 0 aliphatic carbocycles. The number of nitrogens with zero attached hydrogens (tertiary/aromatic N) is 5. The molecule has 5 aromatic rings. The second-order valence-electron chi connectivity index (χ2n) is 11.5. The summed E-state index contributed by atoms with van der Waals surface area (Å²) in [5.74, 6) is 0.295. The van der Waals surface area contributed by atoms with Crippen molar-refractivity contribution in [3.8, 4) is 17.6 Å². The van der Waals surface area contributed by atoms with E-state index in [4.69, 9.17) is 29.7 Å². The van der Waals surface area contributed by atoms with Crippen molar-refractivity contribution in [1.82, 2.24) is 19.5 Å². The zero-order valence-electron chi connectivity index (χ0n) is 27.0. The minimum Gasteiger partial charge on any atom is -0.496 e. The predicted molar refractivity (Wildman–Crippen MR) is 182 cm³/mol. The zero-order chi connectivity index (χ0) is 35.3. The fourth-order valence-corrected chi connectivity index (χ4v) is 6.79. The highest BCUT2D eigenvalue weighted by molar-refractivity contribution is 7.42. The Morgan fingerprint density at radius 3 is 2.08 bits per heavy atom. The number of nitrogens with two attached hydrogens (primary N) is 2. The maximum atomic E-state index is 13.7. The summed E-state index contributed by atoms with van der Waals surface area (Å²) in [5, 5.41) is 35.5. The third-order valence-electron chi connectivity index (χ3n) is 8.86. The molecule has 256 valence electrons. The van der Waals surface area contributed by atoms with E-state index in [-0.39, 0.29) is 12.2 Å². The molecule has 8 N–H and O–H groups in total. The van der Waals surface area contributed by atoms with Crippen LogP contribution in [0.2, 0.25) is 0 Å². The van der Waals surface area contributed by atoms with Crippen molar-refractivity contribution in [3.05, 3.63) is 108 Å². The average molecular weight is 688 g/mol. The standard InChI is InChI=1S/C34H34N6O5.H4NO2P/c1-21(18-35)29(41)30-33(42,17-27(45-30)40-20-39-28-31(36)37-19-38-32(28)40)34(22-11-5-4-6-12-22,23-13-7-9-15-25(23)43-2)24-14-8-10-16-26(24)44-3;1-4(2)3/h4-16,19-21,27,29-30,41-42H,17H2,1-3H3,(H2,36,37,38);2-3H,1H2/t21?,27-,29?,30-,33+;/m1./s1. The maximum absolute atomic E-state index is 13.7. The van der Waals surface area contributed by atoms with Gasteiger partial charge in [0, 0.05) is 17.5 Å². The first kappa shape index (κ1) is 35.6. The number of fused-ring (bicyclic) bond motifs is 1. The normalized spacial score (nSPS) is 20.2. The Kier molecular flexibility index (Phi) is 10.8. The second-order valence-corrected chi connectivity index (χ2v) is 12.1. The number of imidazole rings is 1. The summed E-state index contributed by atoms with van der Waals surface area (Å²) in [6.07, 6.45) is -0.797. The molecule has 6 rings (SSSR count). The molecule has 0 bridgehead atoms. The number of ether oxygens (including phenoxy) is 3. The molecule has 2 aromatic heterocycles. The molecule has 1 saturated heterocycles. The van der Waals surface area contributed by atoms with Crippen molar-refractivity contribution in [3.63, 3.8) is 0 Å². The van der Waals surface area contributed by atoms with Gasteiger partial charge in [0.15, 0.2) is 11.5 Å². The number of para-hydroxylation sites is 2. The highest BCUT2D eigenvalue weighted by Gasteiger charge is 2.66. The summed E-state index contributed by atoms with van der Waals surface area (Å²) < 4.78 is 20.2. The number of benzene rings is 3. The first-order chi connectivity index (χ1) is 23.5. The van der Waals surface area contributed by atoms with Gasteiger partial charge in [0.05, 0.1) is 44.1 Å². The molecular formula is C34H38N7O7P. The first-order valence-electron chi connectivity index (χ1n) is 15.2. The molecule has 1 aliphatic heterocycles. The van der Waals surface area contributed by atoms with Gasteiger partial charge in [-0.05, 0) is 24.6 Å². The van der Waals surface area contributed by atoms with E-state index in [9.17, 15) is 15.5 Å². The van der Waals surface area contributed by atoms with E-state index in [1.54, 1.807) is 25.7 Å². The van der Waals surface area contributed by atoms with Gasteiger partial charge in [-0.25, -0.2) is 15.0 Å². The van der Waals surface area contributed by atoms with E-state index in [0.717, 1.165) is 0 Å². The average Bonchev–Trinajstić information content (AvgIpc) is 3.71. The van der Waals surface area contributed by atoms with Crippen molar-refractivity contribution in [1.29, 1.82) is 5.26 Å². The minimum absolute atomic E-state index is 0.0623. The van der Waals surface area contributed by atoms with Crippen molar-refractivity contribution >= 4 is 25.5 Å². The van der Waals surface area contributed by atoms with E-state index >= 15 is 0 Å². The van der Waals surface area contributed by atoms with Gasteiger partial charge >= 0.3 is 0 Å². The minimum atomic E-state index is -2.12.